The second kappa shape index (κ2) is 7.92. The molecule has 1 saturated heterocycles. The topological polar surface area (TPSA) is 54.2 Å². The van der Waals surface area contributed by atoms with Crippen molar-refractivity contribution >= 4 is 24.0 Å². The van der Waals surface area contributed by atoms with Crippen LogP contribution >= 0.6 is 24.0 Å². The van der Waals surface area contributed by atoms with Crippen molar-refractivity contribution in [3.05, 3.63) is 35.2 Å². The average molecular weight is 343 g/mol. The van der Waals surface area contributed by atoms with Gasteiger partial charge in [0.05, 0.1) is 0 Å². The number of halogens is 2. The summed E-state index contributed by atoms with van der Waals surface area (Å²) in [6, 6.07) is 8.04. The molecule has 120 valence electrons. The highest BCUT2D eigenvalue weighted by Gasteiger charge is 2.18. The number of hydrogen-bond donors (Lipinski definition) is 1. The molecule has 1 aromatic heterocycles. The van der Waals surface area contributed by atoms with E-state index in [0.29, 0.717) is 22.8 Å². The SMILES string of the molecule is C[C@H]1CNCCN1CCc1nc(-c2cccc(Cl)c2)no1.Cl. The minimum Gasteiger partial charge on any atom is -0.339 e. The number of rotatable bonds is 4. The van der Waals surface area contributed by atoms with E-state index >= 15 is 0 Å². The number of benzene rings is 1. The Bertz CT molecular complexity index is 605. The van der Waals surface area contributed by atoms with Gasteiger partial charge in [-0.25, -0.2) is 0 Å². The van der Waals surface area contributed by atoms with Gasteiger partial charge in [0.1, 0.15) is 0 Å². The molecule has 0 unspecified atom stereocenters. The molecule has 22 heavy (non-hydrogen) atoms. The average Bonchev–Trinajstić information content (AvgIpc) is 2.95. The second-order valence-corrected chi connectivity index (χ2v) is 5.80. The molecular weight excluding hydrogens is 323 g/mol. The Morgan fingerprint density at radius 3 is 3.09 bits per heavy atom. The first-order valence-electron chi connectivity index (χ1n) is 7.25. The minimum atomic E-state index is 0. The van der Waals surface area contributed by atoms with Crippen molar-refractivity contribution in [1.29, 1.82) is 0 Å². The summed E-state index contributed by atoms with van der Waals surface area (Å²) in [5.41, 5.74) is 0.882. The standard InChI is InChI=1S/C15H19ClN4O.ClH/c1-11-10-17-6-8-20(11)7-5-14-18-15(19-21-14)12-3-2-4-13(16)9-12;/h2-4,9,11,17H,5-8,10H2,1H3;1H/t11-;/m0./s1. The maximum absolute atomic E-state index is 5.98. The first-order chi connectivity index (χ1) is 10.2. The van der Waals surface area contributed by atoms with Crippen LogP contribution in [0.1, 0.15) is 12.8 Å². The summed E-state index contributed by atoms with van der Waals surface area (Å²) in [4.78, 5) is 6.90. The molecule has 3 rings (SSSR count). The highest BCUT2D eigenvalue weighted by Crippen LogP contribution is 2.20. The molecule has 0 aliphatic carbocycles. The lowest BCUT2D eigenvalue weighted by Crippen LogP contribution is -2.50. The molecular formula is C15H20Cl2N4O. The van der Waals surface area contributed by atoms with E-state index in [4.69, 9.17) is 16.1 Å². The molecule has 0 radical (unpaired) electrons. The zero-order valence-electron chi connectivity index (χ0n) is 12.5. The molecule has 2 aromatic rings. The van der Waals surface area contributed by atoms with Gasteiger partial charge in [0.2, 0.25) is 11.7 Å². The highest BCUT2D eigenvalue weighted by molar-refractivity contribution is 6.30. The number of nitrogens with one attached hydrogen (secondary N) is 1. The van der Waals surface area contributed by atoms with Gasteiger partial charge in [-0.05, 0) is 19.1 Å². The molecule has 5 nitrogen and oxygen atoms in total. The first kappa shape index (κ1) is 17.2. The summed E-state index contributed by atoms with van der Waals surface area (Å²) in [6.45, 7) is 6.33. The lowest BCUT2D eigenvalue weighted by atomic mass is 10.2. The van der Waals surface area contributed by atoms with Gasteiger partial charge in [-0.15, -0.1) is 12.4 Å². The van der Waals surface area contributed by atoms with Crippen molar-refractivity contribution in [2.24, 2.45) is 0 Å². The Hall–Kier alpha value is -1.14. The van der Waals surface area contributed by atoms with Crippen molar-refractivity contribution < 1.29 is 4.52 Å². The Balaban J connectivity index is 0.00000176. The van der Waals surface area contributed by atoms with Crippen LogP contribution in [0.5, 0.6) is 0 Å². The van der Waals surface area contributed by atoms with E-state index in [1.165, 1.54) is 0 Å². The van der Waals surface area contributed by atoms with E-state index in [2.05, 4.69) is 27.3 Å². The Labute approximate surface area is 141 Å². The third-order valence-electron chi connectivity index (χ3n) is 3.80. The zero-order chi connectivity index (χ0) is 14.7. The summed E-state index contributed by atoms with van der Waals surface area (Å²) in [5, 5.41) is 8.10. The van der Waals surface area contributed by atoms with E-state index < -0.39 is 0 Å². The molecule has 1 N–H and O–H groups in total. The molecule has 1 atom stereocenters. The van der Waals surface area contributed by atoms with Crippen molar-refractivity contribution in [2.45, 2.75) is 19.4 Å². The van der Waals surface area contributed by atoms with E-state index in [0.717, 1.165) is 38.2 Å². The summed E-state index contributed by atoms with van der Waals surface area (Å²) in [7, 11) is 0. The fraction of sp³-hybridized carbons (Fsp3) is 0.467. The molecule has 0 saturated carbocycles. The molecule has 1 aromatic carbocycles. The van der Waals surface area contributed by atoms with E-state index in [9.17, 15) is 0 Å². The molecule has 0 bridgehead atoms. The van der Waals surface area contributed by atoms with Gasteiger partial charge in [0.25, 0.3) is 0 Å². The maximum Gasteiger partial charge on any atom is 0.228 e. The van der Waals surface area contributed by atoms with E-state index in [1.807, 2.05) is 24.3 Å². The van der Waals surface area contributed by atoms with Gasteiger partial charge in [0.15, 0.2) is 0 Å². The van der Waals surface area contributed by atoms with Gasteiger partial charge in [0, 0.05) is 49.2 Å². The Morgan fingerprint density at radius 2 is 2.32 bits per heavy atom. The van der Waals surface area contributed by atoms with Crippen LogP contribution in [0.25, 0.3) is 11.4 Å². The molecule has 1 fully saturated rings. The molecule has 0 spiro atoms. The van der Waals surface area contributed by atoms with Crippen LogP contribution in [0.4, 0.5) is 0 Å². The Kier molecular flexibility index (Phi) is 6.20. The van der Waals surface area contributed by atoms with Crippen molar-refractivity contribution in [3.8, 4) is 11.4 Å². The third kappa shape index (κ3) is 4.20. The second-order valence-electron chi connectivity index (χ2n) is 5.36. The smallest absolute Gasteiger partial charge is 0.228 e. The van der Waals surface area contributed by atoms with Crippen LogP contribution in [0.15, 0.2) is 28.8 Å². The fourth-order valence-corrected chi connectivity index (χ4v) is 2.75. The minimum absolute atomic E-state index is 0. The number of nitrogens with zero attached hydrogens (tertiary/aromatic N) is 3. The maximum atomic E-state index is 5.98. The lowest BCUT2D eigenvalue weighted by molar-refractivity contribution is 0.171. The predicted octanol–water partition coefficient (Wildman–Crippen LogP) is 2.65. The van der Waals surface area contributed by atoms with Gasteiger partial charge in [-0.1, -0.05) is 28.9 Å². The molecule has 0 amide bonds. The van der Waals surface area contributed by atoms with Crippen LogP contribution in [-0.2, 0) is 6.42 Å². The lowest BCUT2D eigenvalue weighted by Gasteiger charge is -2.33. The van der Waals surface area contributed by atoms with E-state index in [-0.39, 0.29) is 12.4 Å². The summed E-state index contributed by atoms with van der Waals surface area (Å²) in [6.07, 6.45) is 0.776. The fourth-order valence-electron chi connectivity index (χ4n) is 2.56. The van der Waals surface area contributed by atoms with Gasteiger partial charge < -0.3 is 9.84 Å². The number of hydrogen-bond acceptors (Lipinski definition) is 5. The largest absolute Gasteiger partial charge is 0.339 e. The summed E-state index contributed by atoms with van der Waals surface area (Å²) < 4.78 is 5.34. The van der Waals surface area contributed by atoms with Gasteiger partial charge in [-0.2, -0.15) is 4.98 Å². The normalized spacial score (nSPS) is 18.9. The third-order valence-corrected chi connectivity index (χ3v) is 4.04. The van der Waals surface area contributed by atoms with Crippen LogP contribution in [0.2, 0.25) is 5.02 Å². The number of aromatic nitrogens is 2. The molecule has 7 heteroatoms. The van der Waals surface area contributed by atoms with Gasteiger partial charge in [-0.3, -0.25) is 4.90 Å². The molecule has 1 aliphatic heterocycles. The highest BCUT2D eigenvalue weighted by atomic mass is 35.5. The predicted molar refractivity (Wildman–Crippen MR) is 89.6 cm³/mol. The Morgan fingerprint density at radius 1 is 1.45 bits per heavy atom. The molecule has 2 heterocycles. The van der Waals surface area contributed by atoms with E-state index in [1.54, 1.807) is 0 Å². The van der Waals surface area contributed by atoms with Crippen molar-refractivity contribution in [1.82, 2.24) is 20.4 Å². The van der Waals surface area contributed by atoms with Crippen LogP contribution in [-0.4, -0.2) is 47.3 Å². The quantitative estimate of drug-likeness (QED) is 0.925. The van der Waals surface area contributed by atoms with Crippen molar-refractivity contribution in [3.63, 3.8) is 0 Å². The monoisotopic (exact) mass is 342 g/mol. The van der Waals surface area contributed by atoms with Crippen LogP contribution in [0, 0.1) is 0 Å². The number of piperazine rings is 1. The van der Waals surface area contributed by atoms with Crippen molar-refractivity contribution in [2.75, 3.05) is 26.2 Å². The van der Waals surface area contributed by atoms with Crippen LogP contribution in [0.3, 0.4) is 0 Å². The van der Waals surface area contributed by atoms with Crippen LogP contribution < -0.4 is 5.32 Å². The summed E-state index contributed by atoms with van der Waals surface area (Å²) in [5.74, 6) is 1.27. The molecule has 1 aliphatic rings. The van der Waals surface area contributed by atoms with Gasteiger partial charge >= 0.3 is 0 Å². The zero-order valence-corrected chi connectivity index (χ0v) is 14.0. The first-order valence-corrected chi connectivity index (χ1v) is 7.63. The summed E-state index contributed by atoms with van der Waals surface area (Å²) >= 11 is 5.98.